The van der Waals surface area contributed by atoms with E-state index >= 15 is 0 Å². The Morgan fingerprint density at radius 3 is 3.00 bits per heavy atom. The van der Waals surface area contributed by atoms with Crippen LogP contribution in [0.1, 0.15) is 30.2 Å². The fourth-order valence-electron chi connectivity index (χ4n) is 3.76. The topological polar surface area (TPSA) is 32.3 Å². The molecule has 118 valence electrons. The zero-order valence-electron chi connectivity index (χ0n) is 13.5. The van der Waals surface area contributed by atoms with Gasteiger partial charge in [0.05, 0.1) is 5.39 Å². The Bertz CT molecular complexity index is 681. The number of rotatable bonds is 1. The highest BCUT2D eigenvalue weighted by molar-refractivity contribution is 7.19. The third-order valence-corrected chi connectivity index (χ3v) is 6.25. The Labute approximate surface area is 136 Å². The van der Waals surface area contributed by atoms with E-state index in [0.717, 1.165) is 25.6 Å². The van der Waals surface area contributed by atoms with Gasteiger partial charge in [0.15, 0.2) is 0 Å². The number of aromatic nitrogens is 2. The van der Waals surface area contributed by atoms with Crippen LogP contribution >= 0.6 is 11.3 Å². The van der Waals surface area contributed by atoms with Crippen LogP contribution in [0.4, 0.5) is 5.82 Å². The van der Waals surface area contributed by atoms with E-state index in [1.54, 1.807) is 16.8 Å². The lowest BCUT2D eigenvalue weighted by Gasteiger charge is -2.24. The molecule has 1 fully saturated rings. The monoisotopic (exact) mass is 316 g/mol. The van der Waals surface area contributed by atoms with Gasteiger partial charge in [-0.25, -0.2) is 9.97 Å². The van der Waals surface area contributed by atoms with Crippen molar-refractivity contribution < 1.29 is 0 Å². The van der Waals surface area contributed by atoms with Gasteiger partial charge in [0.25, 0.3) is 0 Å². The molecule has 4 nitrogen and oxygen atoms in total. The zero-order valence-corrected chi connectivity index (χ0v) is 14.3. The van der Waals surface area contributed by atoms with E-state index in [9.17, 15) is 0 Å². The first kappa shape index (κ1) is 14.4. The molecule has 0 amide bonds. The number of aryl methyl sites for hydroxylation is 1. The van der Waals surface area contributed by atoms with E-state index in [1.807, 2.05) is 11.3 Å². The number of hydrogen-bond donors (Lipinski definition) is 0. The Morgan fingerprint density at radius 1 is 1.18 bits per heavy atom. The number of anilines is 1. The fraction of sp³-hybridized carbons (Fsp3) is 0.647. The van der Waals surface area contributed by atoms with Gasteiger partial charge in [0.1, 0.15) is 17.0 Å². The molecule has 2 aromatic rings. The number of hydrogen-bond acceptors (Lipinski definition) is 5. The van der Waals surface area contributed by atoms with Crippen molar-refractivity contribution in [3.8, 4) is 0 Å². The number of thiophene rings is 1. The van der Waals surface area contributed by atoms with Crippen LogP contribution in [0.3, 0.4) is 0 Å². The first-order valence-corrected chi connectivity index (χ1v) is 9.23. The maximum absolute atomic E-state index is 4.70. The van der Waals surface area contributed by atoms with Gasteiger partial charge in [-0.2, -0.15) is 0 Å². The average molecular weight is 316 g/mol. The van der Waals surface area contributed by atoms with Gasteiger partial charge in [-0.05, 0) is 50.8 Å². The molecule has 5 heteroatoms. The van der Waals surface area contributed by atoms with Gasteiger partial charge >= 0.3 is 0 Å². The zero-order chi connectivity index (χ0) is 15.1. The summed E-state index contributed by atoms with van der Waals surface area (Å²) in [7, 11) is 2.22. The van der Waals surface area contributed by atoms with Crippen LogP contribution in [-0.2, 0) is 12.8 Å². The second-order valence-corrected chi connectivity index (χ2v) is 7.96. The third kappa shape index (κ3) is 2.50. The first-order chi connectivity index (χ1) is 10.7. The summed E-state index contributed by atoms with van der Waals surface area (Å²) in [5.41, 5.74) is 1.55. The second kappa shape index (κ2) is 5.78. The Kier molecular flexibility index (Phi) is 3.78. The highest BCUT2D eigenvalue weighted by Crippen LogP contribution is 2.40. The van der Waals surface area contributed by atoms with Gasteiger partial charge in [0.2, 0.25) is 0 Å². The van der Waals surface area contributed by atoms with E-state index < -0.39 is 0 Å². The molecule has 2 aliphatic rings. The lowest BCUT2D eigenvalue weighted by atomic mass is 9.89. The van der Waals surface area contributed by atoms with Gasteiger partial charge in [-0.15, -0.1) is 11.3 Å². The molecule has 4 rings (SSSR count). The van der Waals surface area contributed by atoms with E-state index in [1.165, 1.54) is 48.3 Å². The minimum Gasteiger partial charge on any atom is -0.355 e. The van der Waals surface area contributed by atoms with Crippen molar-refractivity contribution in [2.45, 2.75) is 32.6 Å². The molecule has 0 saturated carbocycles. The van der Waals surface area contributed by atoms with Crippen LogP contribution in [0.5, 0.6) is 0 Å². The lowest BCUT2D eigenvalue weighted by Crippen LogP contribution is -2.29. The predicted octanol–water partition coefficient (Wildman–Crippen LogP) is 2.96. The Morgan fingerprint density at radius 2 is 2.09 bits per heavy atom. The number of fused-ring (bicyclic) bond motifs is 3. The van der Waals surface area contributed by atoms with E-state index in [0.29, 0.717) is 0 Å². The molecule has 22 heavy (non-hydrogen) atoms. The molecule has 3 heterocycles. The minimum atomic E-state index is 0.809. The summed E-state index contributed by atoms with van der Waals surface area (Å²) in [5.74, 6) is 2.00. The van der Waals surface area contributed by atoms with E-state index in [2.05, 4.69) is 28.8 Å². The molecule has 0 N–H and O–H groups in total. The summed E-state index contributed by atoms with van der Waals surface area (Å²) in [4.78, 5) is 16.9. The van der Waals surface area contributed by atoms with Crippen molar-refractivity contribution in [1.82, 2.24) is 14.9 Å². The molecule has 1 atom stereocenters. The second-order valence-electron chi connectivity index (χ2n) is 6.87. The molecular formula is C17H24N4S. The number of likely N-dealkylation sites (N-methyl/N-ethyl adjacent to an activating group) is 1. The maximum Gasteiger partial charge on any atom is 0.141 e. The van der Waals surface area contributed by atoms with Crippen molar-refractivity contribution in [2.24, 2.45) is 5.92 Å². The molecule has 0 aromatic carbocycles. The van der Waals surface area contributed by atoms with Crippen molar-refractivity contribution in [3.05, 3.63) is 16.8 Å². The summed E-state index contributed by atoms with van der Waals surface area (Å²) in [6.45, 7) is 6.85. The van der Waals surface area contributed by atoms with E-state index in [4.69, 9.17) is 4.98 Å². The smallest absolute Gasteiger partial charge is 0.141 e. The summed E-state index contributed by atoms with van der Waals surface area (Å²) >= 11 is 1.90. The van der Waals surface area contributed by atoms with Crippen molar-refractivity contribution in [2.75, 3.05) is 38.1 Å². The molecule has 1 saturated heterocycles. The predicted molar refractivity (Wildman–Crippen MR) is 92.9 cm³/mol. The van der Waals surface area contributed by atoms with Gasteiger partial charge in [0, 0.05) is 24.5 Å². The molecule has 1 aliphatic carbocycles. The molecule has 2 aromatic heterocycles. The quantitative estimate of drug-likeness (QED) is 0.810. The van der Waals surface area contributed by atoms with Gasteiger partial charge in [-0.3, -0.25) is 0 Å². The van der Waals surface area contributed by atoms with Crippen LogP contribution in [0, 0.1) is 5.92 Å². The van der Waals surface area contributed by atoms with Gasteiger partial charge < -0.3 is 9.80 Å². The van der Waals surface area contributed by atoms with Crippen LogP contribution in [-0.4, -0.2) is 48.1 Å². The first-order valence-electron chi connectivity index (χ1n) is 8.41. The minimum absolute atomic E-state index is 0.809. The SMILES string of the molecule is C[C@@H]1CCc2c(sc3ncnc(N4CCCN(C)CC4)c23)C1. The maximum atomic E-state index is 4.70. The van der Waals surface area contributed by atoms with Crippen LogP contribution in [0.2, 0.25) is 0 Å². The summed E-state index contributed by atoms with van der Waals surface area (Å²) in [5, 5.41) is 1.36. The molecular weight excluding hydrogens is 292 g/mol. The van der Waals surface area contributed by atoms with Crippen molar-refractivity contribution in [1.29, 1.82) is 0 Å². The molecule has 0 unspecified atom stereocenters. The highest BCUT2D eigenvalue weighted by atomic mass is 32.1. The van der Waals surface area contributed by atoms with E-state index in [-0.39, 0.29) is 0 Å². The molecule has 0 bridgehead atoms. The molecule has 0 spiro atoms. The van der Waals surface area contributed by atoms with Crippen molar-refractivity contribution >= 4 is 27.4 Å². The molecule has 1 aliphatic heterocycles. The summed E-state index contributed by atoms with van der Waals surface area (Å²) in [6.07, 6.45) is 6.70. The normalized spacial score (nSPS) is 23.5. The van der Waals surface area contributed by atoms with Crippen LogP contribution in [0.25, 0.3) is 10.2 Å². The largest absolute Gasteiger partial charge is 0.355 e. The van der Waals surface area contributed by atoms with Crippen LogP contribution < -0.4 is 4.90 Å². The third-order valence-electron chi connectivity index (χ3n) is 5.09. The number of nitrogens with zero attached hydrogens (tertiary/aromatic N) is 4. The Hall–Kier alpha value is -1.20. The van der Waals surface area contributed by atoms with Gasteiger partial charge in [-0.1, -0.05) is 6.92 Å². The van der Waals surface area contributed by atoms with Crippen LogP contribution in [0.15, 0.2) is 6.33 Å². The summed E-state index contributed by atoms with van der Waals surface area (Å²) < 4.78 is 0. The average Bonchev–Trinajstić information content (AvgIpc) is 2.73. The fourth-order valence-corrected chi connectivity index (χ4v) is 5.10. The Balaban J connectivity index is 1.77. The standard InChI is InChI=1S/C17H24N4S/c1-12-4-5-13-14(10-12)22-17-15(13)16(18-11-19-17)21-7-3-6-20(2)8-9-21/h11-12H,3-10H2,1-2H3/t12-/m1/s1. The van der Waals surface area contributed by atoms with Crippen molar-refractivity contribution in [3.63, 3.8) is 0 Å². The lowest BCUT2D eigenvalue weighted by molar-refractivity contribution is 0.360. The summed E-state index contributed by atoms with van der Waals surface area (Å²) in [6, 6.07) is 0. The molecule has 0 radical (unpaired) electrons. The highest BCUT2D eigenvalue weighted by Gasteiger charge is 2.25.